The van der Waals surface area contributed by atoms with Crippen molar-refractivity contribution >= 4 is 17.4 Å². The van der Waals surface area contributed by atoms with Crippen molar-refractivity contribution in [3.05, 3.63) is 46.4 Å². The average molecular weight is 289 g/mol. The van der Waals surface area contributed by atoms with Crippen molar-refractivity contribution in [2.24, 2.45) is 0 Å². The van der Waals surface area contributed by atoms with E-state index in [0.29, 0.717) is 0 Å². The number of fused-ring (bicyclic) bond motifs is 1. The lowest BCUT2D eigenvalue weighted by Gasteiger charge is -2.37. The average Bonchev–Trinajstić information content (AvgIpc) is 3.07. The zero-order chi connectivity index (χ0) is 14.1. The smallest absolute Gasteiger partial charge is 0.318 e. The van der Waals surface area contributed by atoms with Crippen LogP contribution in [0.15, 0.2) is 35.8 Å². The van der Waals surface area contributed by atoms with Gasteiger partial charge in [-0.3, -0.25) is 0 Å². The van der Waals surface area contributed by atoms with Crippen molar-refractivity contribution in [3.63, 3.8) is 0 Å². The fraction of sp³-hybridized carbons (Fsp3) is 0.400. The first-order valence-corrected chi connectivity index (χ1v) is 7.80. The number of aromatic nitrogens is 1. The van der Waals surface area contributed by atoms with E-state index in [1.54, 1.807) is 11.3 Å². The van der Waals surface area contributed by atoms with Gasteiger partial charge in [0.05, 0.1) is 0 Å². The Kier molecular flexibility index (Phi) is 3.53. The van der Waals surface area contributed by atoms with Crippen LogP contribution < -0.4 is 5.32 Å². The number of urea groups is 1. The summed E-state index contributed by atoms with van der Waals surface area (Å²) in [6.45, 7) is 5.58. The molecule has 2 aromatic rings. The molecule has 0 radical (unpaired) electrons. The molecule has 0 saturated heterocycles. The molecule has 1 aliphatic rings. The van der Waals surface area contributed by atoms with Gasteiger partial charge in [-0.15, -0.1) is 11.3 Å². The number of carbonyl (C=O) groups is 1. The van der Waals surface area contributed by atoms with Gasteiger partial charge in [-0.1, -0.05) is 6.07 Å². The van der Waals surface area contributed by atoms with E-state index in [2.05, 4.69) is 39.7 Å². The van der Waals surface area contributed by atoms with Crippen molar-refractivity contribution in [1.82, 2.24) is 14.8 Å². The third-order valence-corrected chi connectivity index (χ3v) is 4.45. The molecular formula is C15H19N3OS. The predicted molar refractivity (Wildman–Crippen MR) is 81.0 cm³/mol. The summed E-state index contributed by atoms with van der Waals surface area (Å²) in [5, 5.41) is 5.07. The Labute approximate surface area is 123 Å². The largest absolute Gasteiger partial charge is 0.347 e. The minimum absolute atomic E-state index is 0.0193. The third-order valence-electron chi connectivity index (χ3n) is 3.52. The SMILES string of the molecule is CC(C)NC(=O)N1CCn2cccc2[C@@H]1c1cccs1. The lowest BCUT2D eigenvalue weighted by molar-refractivity contribution is 0.167. The Hall–Kier alpha value is -1.75. The molecule has 1 N–H and O–H groups in total. The molecule has 1 aliphatic heterocycles. The Morgan fingerprint density at radius 1 is 1.35 bits per heavy atom. The molecular weight excluding hydrogens is 270 g/mol. The zero-order valence-corrected chi connectivity index (χ0v) is 12.6. The lowest BCUT2D eigenvalue weighted by Crippen LogP contribution is -2.48. The highest BCUT2D eigenvalue weighted by Crippen LogP contribution is 2.34. The van der Waals surface area contributed by atoms with Crippen LogP contribution in [0, 0.1) is 0 Å². The van der Waals surface area contributed by atoms with Gasteiger partial charge in [-0.25, -0.2) is 4.79 Å². The van der Waals surface area contributed by atoms with E-state index in [0.717, 1.165) is 13.1 Å². The van der Waals surface area contributed by atoms with E-state index < -0.39 is 0 Å². The first-order chi connectivity index (χ1) is 9.66. The maximum Gasteiger partial charge on any atom is 0.318 e. The van der Waals surface area contributed by atoms with Crippen LogP contribution in [0.3, 0.4) is 0 Å². The van der Waals surface area contributed by atoms with Crippen molar-refractivity contribution in [1.29, 1.82) is 0 Å². The number of carbonyl (C=O) groups excluding carboxylic acids is 1. The summed E-state index contributed by atoms with van der Waals surface area (Å²) in [4.78, 5) is 15.6. The molecule has 0 saturated carbocycles. The molecule has 0 unspecified atom stereocenters. The highest BCUT2D eigenvalue weighted by atomic mass is 32.1. The summed E-state index contributed by atoms with van der Waals surface area (Å²) >= 11 is 1.70. The maximum absolute atomic E-state index is 12.5. The van der Waals surface area contributed by atoms with Gasteiger partial charge in [0.15, 0.2) is 0 Å². The van der Waals surface area contributed by atoms with Crippen LogP contribution in [0.2, 0.25) is 0 Å². The quantitative estimate of drug-likeness (QED) is 0.906. The molecule has 106 valence electrons. The molecule has 3 heterocycles. The van der Waals surface area contributed by atoms with E-state index in [-0.39, 0.29) is 18.1 Å². The van der Waals surface area contributed by atoms with Gasteiger partial charge < -0.3 is 14.8 Å². The van der Waals surface area contributed by atoms with Crippen LogP contribution in [0.25, 0.3) is 0 Å². The standard InChI is InChI=1S/C15H19N3OS/c1-11(2)16-15(19)18-9-8-17-7-3-5-12(17)14(18)13-6-4-10-20-13/h3-7,10-11,14H,8-9H2,1-2H3,(H,16,19)/t14-/m1/s1. The van der Waals surface area contributed by atoms with E-state index >= 15 is 0 Å². The van der Waals surface area contributed by atoms with Gasteiger partial charge in [-0.2, -0.15) is 0 Å². The Balaban J connectivity index is 1.96. The van der Waals surface area contributed by atoms with Gasteiger partial charge in [0.25, 0.3) is 0 Å². The van der Waals surface area contributed by atoms with Crippen molar-refractivity contribution in [3.8, 4) is 0 Å². The molecule has 5 heteroatoms. The van der Waals surface area contributed by atoms with Gasteiger partial charge in [-0.05, 0) is 37.4 Å². The molecule has 0 fully saturated rings. The maximum atomic E-state index is 12.5. The second-order valence-electron chi connectivity index (χ2n) is 5.34. The third kappa shape index (κ3) is 2.33. The fourth-order valence-electron chi connectivity index (χ4n) is 2.68. The number of hydrogen-bond donors (Lipinski definition) is 1. The summed E-state index contributed by atoms with van der Waals surface area (Å²) < 4.78 is 2.24. The van der Waals surface area contributed by atoms with Crippen molar-refractivity contribution in [2.75, 3.05) is 6.54 Å². The molecule has 0 spiro atoms. The summed E-state index contributed by atoms with van der Waals surface area (Å²) in [5.74, 6) is 0. The van der Waals surface area contributed by atoms with Gasteiger partial charge in [0.1, 0.15) is 6.04 Å². The molecule has 0 bridgehead atoms. The topological polar surface area (TPSA) is 37.3 Å². The lowest BCUT2D eigenvalue weighted by atomic mass is 10.1. The molecule has 0 aromatic carbocycles. The molecule has 2 aromatic heterocycles. The monoisotopic (exact) mass is 289 g/mol. The number of thiophene rings is 1. The van der Waals surface area contributed by atoms with Gasteiger partial charge in [0, 0.05) is 35.9 Å². The Morgan fingerprint density at radius 2 is 2.20 bits per heavy atom. The van der Waals surface area contributed by atoms with E-state index in [1.165, 1.54) is 10.6 Å². The van der Waals surface area contributed by atoms with Crippen LogP contribution in [0.4, 0.5) is 4.79 Å². The van der Waals surface area contributed by atoms with Crippen molar-refractivity contribution < 1.29 is 4.79 Å². The van der Waals surface area contributed by atoms with Crippen LogP contribution in [0.5, 0.6) is 0 Å². The molecule has 20 heavy (non-hydrogen) atoms. The molecule has 3 rings (SSSR count). The minimum Gasteiger partial charge on any atom is -0.347 e. The van der Waals surface area contributed by atoms with Gasteiger partial charge >= 0.3 is 6.03 Å². The molecule has 1 atom stereocenters. The van der Waals surface area contributed by atoms with E-state index in [9.17, 15) is 4.79 Å². The van der Waals surface area contributed by atoms with E-state index in [4.69, 9.17) is 0 Å². The Morgan fingerprint density at radius 3 is 2.90 bits per heavy atom. The van der Waals surface area contributed by atoms with Crippen LogP contribution in [-0.4, -0.2) is 28.1 Å². The summed E-state index contributed by atoms with van der Waals surface area (Å²) in [5.41, 5.74) is 1.19. The second-order valence-corrected chi connectivity index (χ2v) is 6.32. The van der Waals surface area contributed by atoms with Crippen LogP contribution in [-0.2, 0) is 6.54 Å². The minimum atomic E-state index is 0.0193. The summed E-state index contributed by atoms with van der Waals surface area (Å²) in [6.07, 6.45) is 2.09. The first-order valence-electron chi connectivity index (χ1n) is 6.92. The highest BCUT2D eigenvalue weighted by molar-refractivity contribution is 7.10. The normalized spacial score (nSPS) is 18.1. The highest BCUT2D eigenvalue weighted by Gasteiger charge is 2.32. The van der Waals surface area contributed by atoms with Gasteiger partial charge in [0.2, 0.25) is 0 Å². The summed E-state index contributed by atoms with van der Waals surface area (Å²) in [7, 11) is 0. The Bertz CT molecular complexity index is 588. The molecule has 2 amide bonds. The fourth-order valence-corrected chi connectivity index (χ4v) is 3.53. The number of rotatable bonds is 2. The summed E-state index contributed by atoms with van der Waals surface area (Å²) in [6, 6.07) is 8.51. The molecule has 0 aliphatic carbocycles. The second kappa shape index (κ2) is 5.32. The molecule has 4 nitrogen and oxygen atoms in total. The predicted octanol–water partition coefficient (Wildman–Crippen LogP) is 3.07. The number of amides is 2. The van der Waals surface area contributed by atoms with Crippen molar-refractivity contribution in [2.45, 2.75) is 32.5 Å². The number of nitrogens with zero attached hydrogens (tertiary/aromatic N) is 2. The van der Waals surface area contributed by atoms with E-state index in [1.807, 2.05) is 24.8 Å². The number of hydrogen-bond acceptors (Lipinski definition) is 2. The first kappa shape index (κ1) is 13.2. The van der Waals surface area contributed by atoms with Crippen LogP contribution in [0.1, 0.15) is 30.5 Å². The number of nitrogens with one attached hydrogen (secondary N) is 1. The zero-order valence-electron chi connectivity index (χ0n) is 11.7. The van der Waals surface area contributed by atoms with Crippen LogP contribution >= 0.6 is 11.3 Å².